The molecule has 2 aromatic rings. The molecule has 0 aliphatic heterocycles. The highest BCUT2D eigenvalue weighted by molar-refractivity contribution is 6.63. The van der Waals surface area contributed by atoms with Gasteiger partial charge in [-0.2, -0.15) is 10.5 Å². The van der Waals surface area contributed by atoms with Gasteiger partial charge < -0.3 is 32.4 Å². The van der Waals surface area contributed by atoms with Gasteiger partial charge in [-0.05, 0) is 60.1 Å². The second-order valence-electron chi connectivity index (χ2n) is 9.72. The molecule has 0 atom stereocenters. The van der Waals surface area contributed by atoms with E-state index in [0.717, 1.165) is 16.8 Å². The number of nitrogen functional groups attached to an aromatic ring is 1. The van der Waals surface area contributed by atoms with Crippen molar-refractivity contribution in [3.05, 3.63) is 59.7 Å². The van der Waals surface area contributed by atoms with Crippen LogP contribution < -0.4 is 23.5 Å². The van der Waals surface area contributed by atoms with Crippen LogP contribution in [0.4, 0.5) is 11.4 Å². The summed E-state index contributed by atoms with van der Waals surface area (Å²) in [6, 6.07) is 17.6. The molecule has 0 bridgehead atoms. The van der Waals surface area contributed by atoms with Crippen LogP contribution in [0.3, 0.4) is 0 Å². The van der Waals surface area contributed by atoms with Gasteiger partial charge in [-0.25, -0.2) is 0 Å². The first-order valence-corrected chi connectivity index (χ1v) is 11.4. The summed E-state index contributed by atoms with van der Waals surface area (Å²) in [7, 11) is 11.6. The Balaban J connectivity index is -0.000000531. The average Bonchev–Trinajstić information content (AvgIpc) is 2.76. The number of nitriles is 2. The van der Waals surface area contributed by atoms with Crippen LogP contribution in [0.2, 0.25) is 0 Å². The van der Waals surface area contributed by atoms with Crippen molar-refractivity contribution in [2.45, 2.75) is 7.43 Å². The molecule has 0 saturated carbocycles. The number of halogens is 2. The highest BCUT2D eigenvalue weighted by Crippen LogP contribution is 2.09. The zero-order chi connectivity index (χ0) is 28.5. The van der Waals surface area contributed by atoms with E-state index in [9.17, 15) is 9.59 Å². The lowest BCUT2D eigenvalue weighted by Crippen LogP contribution is -3.00. The predicted molar refractivity (Wildman–Crippen MR) is 154 cm³/mol. The standard InChI is InChI=1S/C14H15N3O.C9H6N2.C5H11ClNO.CH4.ClH/c1-17(2,3)11-14(18)16-13-8-6-12(7-9-13)5-4-10-15;10-7-1-2-8-3-5-9(11)6-4-8;1-7(2,3)4-5(6)8;;/h6-9H,11H2,1-3H3;3-6H,11H2;4H2,1-3H3;1H4;1H/q;;+1;;. The second kappa shape index (κ2) is 20.0. The van der Waals surface area contributed by atoms with Crippen LogP contribution in [-0.2, 0) is 9.59 Å². The maximum absolute atomic E-state index is 11.7. The highest BCUT2D eigenvalue weighted by atomic mass is 35.5. The molecular weight excluding hydrogens is 535 g/mol. The lowest BCUT2D eigenvalue weighted by Gasteiger charge is -2.22. The van der Waals surface area contributed by atoms with Crippen LogP contribution >= 0.6 is 11.6 Å². The quantitative estimate of drug-likeness (QED) is 0.234. The number of hydrogen-bond acceptors (Lipinski definition) is 5. The Morgan fingerprint density at radius 3 is 1.49 bits per heavy atom. The predicted octanol–water partition coefficient (Wildman–Crippen LogP) is 0.448. The fourth-order valence-corrected chi connectivity index (χ4v) is 2.77. The van der Waals surface area contributed by atoms with Gasteiger partial charge in [-0.1, -0.05) is 19.3 Å². The molecule has 0 aliphatic rings. The third-order valence-corrected chi connectivity index (χ3v) is 3.94. The van der Waals surface area contributed by atoms with Crippen molar-refractivity contribution < 1.29 is 31.0 Å². The summed E-state index contributed by atoms with van der Waals surface area (Å²) in [5.41, 5.74) is 8.43. The number of carbonyl (C=O) groups excluding carboxylic acids is 2. The van der Waals surface area contributed by atoms with Gasteiger partial charge >= 0.3 is 0 Å². The Bertz CT molecular complexity index is 1240. The van der Waals surface area contributed by atoms with E-state index in [-0.39, 0.29) is 31.0 Å². The van der Waals surface area contributed by atoms with Crippen molar-refractivity contribution in [3.8, 4) is 35.8 Å². The average molecular weight is 573 g/mol. The molecule has 2 rings (SSSR count). The number of nitrogens with two attached hydrogens (primary N) is 1. The van der Waals surface area contributed by atoms with Gasteiger partial charge in [-0.15, -0.1) is 0 Å². The number of hydrogen-bond donors (Lipinski definition) is 2. The van der Waals surface area contributed by atoms with Crippen LogP contribution in [0, 0.1) is 46.3 Å². The van der Waals surface area contributed by atoms with Crippen molar-refractivity contribution in [1.82, 2.24) is 0 Å². The Kier molecular flexibility index (Phi) is 20.3. The van der Waals surface area contributed by atoms with Gasteiger partial charge in [0.2, 0.25) is 0 Å². The van der Waals surface area contributed by atoms with Gasteiger partial charge in [-0.3, -0.25) is 9.59 Å². The molecule has 8 nitrogen and oxygen atoms in total. The summed E-state index contributed by atoms with van der Waals surface area (Å²) >= 11 is 5.11. The largest absolute Gasteiger partial charge is 1.00 e. The zero-order valence-corrected chi connectivity index (χ0v) is 24.0. The SMILES string of the molecule is C.C[N+](C)(C)CC(=O)Cl.C[N+](C)(C)CC(=O)Nc1ccc(C#CC#N)cc1.N#CC#Cc1ccc(N)cc1.[Cl-]. The molecule has 3 N–H and O–H groups in total. The van der Waals surface area contributed by atoms with Crippen LogP contribution in [0.5, 0.6) is 0 Å². The molecule has 10 heteroatoms. The zero-order valence-electron chi connectivity index (χ0n) is 22.5. The summed E-state index contributed by atoms with van der Waals surface area (Å²) in [4.78, 5) is 21.9. The molecular formula is C29H37Cl2N6O2+. The van der Waals surface area contributed by atoms with Crippen molar-refractivity contribution in [1.29, 1.82) is 10.5 Å². The summed E-state index contributed by atoms with van der Waals surface area (Å²) in [5, 5.41) is 19.0. The number of likely N-dealkylation sites (N-methyl/N-ethyl adjacent to an activating group) is 2. The Labute approximate surface area is 244 Å². The van der Waals surface area contributed by atoms with Gasteiger partial charge in [0.25, 0.3) is 11.1 Å². The van der Waals surface area contributed by atoms with Crippen LogP contribution in [0.1, 0.15) is 18.6 Å². The second-order valence-corrected chi connectivity index (χ2v) is 10.1. The number of nitrogens with zero attached hydrogens (tertiary/aromatic N) is 4. The van der Waals surface area contributed by atoms with Crippen molar-refractivity contribution in [2.75, 3.05) is 66.4 Å². The van der Waals surface area contributed by atoms with Gasteiger partial charge in [0, 0.05) is 34.3 Å². The Hall–Kier alpha value is -4.02. The van der Waals surface area contributed by atoms with E-state index in [2.05, 4.69) is 29.0 Å². The molecule has 0 saturated heterocycles. The molecule has 39 heavy (non-hydrogen) atoms. The lowest BCUT2D eigenvalue weighted by molar-refractivity contribution is -0.861. The van der Waals surface area contributed by atoms with E-state index in [4.69, 9.17) is 27.9 Å². The molecule has 1 amide bonds. The molecule has 0 radical (unpaired) electrons. The van der Waals surface area contributed by atoms with E-state index in [1.165, 1.54) is 0 Å². The van der Waals surface area contributed by atoms with Crippen LogP contribution in [0.25, 0.3) is 0 Å². The minimum absolute atomic E-state index is 0. The summed E-state index contributed by atoms with van der Waals surface area (Å²) < 4.78 is 1.18. The van der Waals surface area contributed by atoms with Crippen LogP contribution in [0.15, 0.2) is 48.5 Å². The van der Waals surface area contributed by atoms with Gasteiger partial charge in [0.15, 0.2) is 25.2 Å². The third-order valence-electron chi connectivity index (χ3n) is 3.82. The van der Waals surface area contributed by atoms with E-state index in [1.54, 1.807) is 60.7 Å². The van der Waals surface area contributed by atoms with E-state index in [0.29, 0.717) is 27.7 Å². The van der Waals surface area contributed by atoms with Gasteiger partial charge in [0.05, 0.1) is 42.3 Å². The third kappa shape index (κ3) is 24.1. The number of rotatable bonds is 5. The molecule has 208 valence electrons. The monoisotopic (exact) mass is 571 g/mol. The fraction of sp³-hybridized carbons (Fsp3) is 0.310. The molecule has 0 spiro atoms. The van der Waals surface area contributed by atoms with E-state index < -0.39 is 0 Å². The fourth-order valence-electron chi connectivity index (χ4n) is 2.41. The van der Waals surface area contributed by atoms with E-state index >= 15 is 0 Å². The first-order chi connectivity index (χ1) is 17.1. The normalized spacial score (nSPS) is 9.05. The molecule has 0 unspecified atom stereocenters. The van der Waals surface area contributed by atoms with Crippen LogP contribution in [-0.4, -0.2) is 75.5 Å². The number of quaternary nitrogens is 2. The lowest BCUT2D eigenvalue weighted by atomic mass is 10.2. The minimum Gasteiger partial charge on any atom is -1.00 e. The number of amides is 1. The van der Waals surface area contributed by atoms with Crippen molar-refractivity contribution in [2.24, 2.45) is 0 Å². The molecule has 0 aliphatic carbocycles. The van der Waals surface area contributed by atoms with Gasteiger partial charge in [0.1, 0.15) is 0 Å². The maximum Gasteiger partial charge on any atom is 0.279 e. The number of benzene rings is 2. The first-order valence-electron chi connectivity index (χ1n) is 11.0. The minimum atomic E-state index is -0.280. The summed E-state index contributed by atoms with van der Waals surface area (Å²) in [6.45, 7) is 0.803. The van der Waals surface area contributed by atoms with Crippen molar-refractivity contribution in [3.63, 3.8) is 0 Å². The Morgan fingerprint density at radius 2 is 1.18 bits per heavy atom. The molecule has 2 aromatic carbocycles. The molecule has 0 fully saturated rings. The molecule has 0 aromatic heterocycles. The highest BCUT2D eigenvalue weighted by Gasteiger charge is 2.14. The number of carbonyl (C=O) groups is 2. The van der Waals surface area contributed by atoms with E-state index in [1.807, 2.05) is 42.3 Å². The van der Waals surface area contributed by atoms with Crippen molar-refractivity contribution >= 4 is 34.1 Å². The topological polar surface area (TPSA) is 120 Å². The smallest absolute Gasteiger partial charge is 0.279 e. The molecule has 0 heterocycles. The number of anilines is 2. The number of nitrogens with one attached hydrogen (secondary N) is 1. The first kappa shape index (κ1) is 39.5. The summed E-state index contributed by atoms with van der Waals surface area (Å²) in [5.74, 6) is 9.93. The Morgan fingerprint density at radius 1 is 0.795 bits per heavy atom. The maximum atomic E-state index is 11.7. The summed E-state index contributed by atoms with van der Waals surface area (Å²) in [6.07, 6.45) is 0.